The molecule has 3 aliphatic rings. The highest BCUT2D eigenvalue weighted by Gasteiger charge is 2.38. The van der Waals surface area contributed by atoms with Crippen molar-refractivity contribution in [2.24, 2.45) is 0 Å². The highest BCUT2D eigenvalue weighted by molar-refractivity contribution is 5.55. The first-order valence-electron chi connectivity index (χ1n) is 8.82. The van der Waals surface area contributed by atoms with Gasteiger partial charge in [0.05, 0.1) is 6.04 Å². The van der Waals surface area contributed by atoms with E-state index in [4.69, 9.17) is 10.1 Å². The number of piperidine rings is 1. The van der Waals surface area contributed by atoms with Crippen LogP contribution in [0.3, 0.4) is 0 Å². The third kappa shape index (κ3) is 2.73. The lowest BCUT2D eigenvalue weighted by atomic mass is 9.75. The molecule has 2 aliphatic heterocycles. The van der Waals surface area contributed by atoms with Gasteiger partial charge in [0.15, 0.2) is 0 Å². The van der Waals surface area contributed by atoms with Crippen LogP contribution in [-0.4, -0.2) is 34.8 Å². The Hall–Kier alpha value is -2.14. The molecule has 1 aromatic carbocycles. The highest BCUT2D eigenvalue weighted by atomic mass is 16.3. The zero-order valence-corrected chi connectivity index (χ0v) is 14.1. The topological polar surface area (TPSA) is 61.3 Å². The first-order valence-corrected chi connectivity index (χ1v) is 8.82. The summed E-state index contributed by atoms with van der Waals surface area (Å²) in [6.45, 7) is 3.89. The van der Waals surface area contributed by atoms with E-state index < -0.39 is 0 Å². The fraction of sp³-hybridized carbons (Fsp3) is 0.474. The first kappa shape index (κ1) is 15.4. The molecule has 2 atom stereocenters. The Labute approximate surface area is 142 Å². The number of aryl methyl sites for hydroxylation is 1. The van der Waals surface area contributed by atoms with Crippen LogP contribution < -0.4 is 10.2 Å². The fourth-order valence-electron chi connectivity index (χ4n) is 4.07. The standard InChI is InChI=1S/C19H24N4O/c1-13-21-18(20-9-4-10-24)11-19(22-13)23-12-14-7-8-17(23)16-6-3-2-5-15(14)16/h2-3,5-6,11,14,17,24H,4,7-10,12H2,1H3,(H,20,21,22)/t14-,17+/m1/s1. The second-order valence-electron chi connectivity index (χ2n) is 6.73. The number of aromatic nitrogens is 2. The molecule has 0 unspecified atom stereocenters. The molecule has 1 aliphatic carbocycles. The van der Waals surface area contributed by atoms with Crippen molar-refractivity contribution in [2.75, 3.05) is 29.9 Å². The summed E-state index contributed by atoms with van der Waals surface area (Å²) < 4.78 is 0. The van der Waals surface area contributed by atoms with Gasteiger partial charge in [-0.2, -0.15) is 0 Å². The van der Waals surface area contributed by atoms with Gasteiger partial charge >= 0.3 is 0 Å². The van der Waals surface area contributed by atoms with Crippen LogP contribution >= 0.6 is 0 Å². The van der Waals surface area contributed by atoms with Gasteiger partial charge in [-0.3, -0.25) is 0 Å². The maximum absolute atomic E-state index is 8.94. The van der Waals surface area contributed by atoms with Crippen molar-refractivity contribution >= 4 is 11.6 Å². The lowest BCUT2D eigenvalue weighted by Gasteiger charge is -2.47. The number of aliphatic hydroxyl groups excluding tert-OH is 1. The predicted octanol–water partition coefficient (Wildman–Crippen LogP) is 3.02. The Morgan fingerprint density at radius 1 is 1.21 bits per heavy atom. The van der Waals surface area contributed by atoms with Crippen molar-refractivity contribution in [1.29, 1.82) is 0 Å². The van der Waals surface area contributed by atoms with Gasteiger partial charge in [0.1, 0.15) is 17.5 Å². The summed E-state index contributed by atoms with van der Waals surface area (Å²) in [7, 11) is 0. The molecule has 1 saturated heterocycles. The maximum atomic E-state index is 8.94. The molecule has 126 valence electrons. The predicted molar refractivity (Wildman–Crippen MR) is 95.5 cm³/mol. The fourth-order valence-corrected chi connectivity index (χ4v) is 4.07. The largest absolute Gasteiger partial charge is 0.396 e. The maximum Gasteiger partial charge on any atom is 0.134 e. The highest BCUT2D eigenvalue weighted by Crippen LogP contribution is 2.47. The van der Waals surface area contributed by atoms with Gasteiger partial charge in [0.25, 0.3) is 0 Å². The molecule has 2 aromatic rings. The Morgan fingerprint density at radius 2 is 2.04 bits per heavy atom. The van der Waals surface area contributed by atoms with Crippen molar-refractivity contribution in [2.45, 2.75) is 38.1 Å². The van der Waals surface area contributed by atoms with Crippen molar-refractivity contribution < 1.29 is 5.11 Å². The van der Waals surface area contributed by atoms with E-state index in [0.717, 1.165) is 37.0 Å². The minimum Gasteiger partial charge on any atom is -0.396 e. The molecule has 0 amide bonds. The van der Waals surface area contributed by atoms with Crippen molar-refractivity contribution in [3.63, 3.8) is 0 Å². The normalized spacial score (nSPS) is 21.7. The van der Waals surface area contributed by atoms with Crippen molar-refractivity contribution in [3.8, 4) is 0 Å². The molecule has 5 heteroatoms. The number of rotatable bonds is 5. The van der Waals surface area contributed by atoms with Crippen LogP contribution in [0.1, 0.15) is 48.2 Å². The van der Waals surface area contributed by atoms with Crippen LogP contribution in [0, 0.1) is 6.92 Å². The smallest absolute Gasteiger partial charge is 0.134 e. The average Bonchev–Trinajstić information content (AvgIpc) is 2.62. The lowest BCUT2D eigenvalue weighted by molar-refractivity contribution is 0.292. The summed E-state index contributed by atoms with van der Waals surface area (Å²) in [5.41, 5.74) is 2.99. The first-order chi connectivity index (χ1) is 11.8. The van der Waals surface area contributed by atoms with E-state index in [0.29, 0.717) is 12.0 Å². The summed E-state index contributed by atoms with van der Waals surface area (Å²) >= 11 is 0. The molecule has 2 bridgehead atoms. The summed E-state index contributed by atoms with van der Waals surface area (Å²) in [5.74, 6) is 3.25. The minimum atomic E-state index is 0.191. The van der Waals surface area contributed by atoms with E-state index in [-0.39, 0.29) is 6.61 Å². The van der Waals surface area contributed by atoms with Gasteiger partial charge in [0, 0.05) is 31.7 Å². The third-order valence-corrected chi connectivity index (χ3v) is 5.14. The Bertz CT molecular complexity index is 733. The molecule has 1 aromatic heterocycles. The summed E-state index contributed by atoms with van der Waals surface area (Å²) in [4.78, 5) is 11.6. The number of hydrogen-bond donors (Lipinski definition) is 2. The number of hydrogen-bond acceptors (Lipinski definition) is 5. The van der Waals surface area contributed by atoms with E-state index in [1.54, 1.807) is 0 Å². The minimum absolute atomic E-state index is 0.191. The molecular weight excluding hydrogens is 300 g/mol. The molecular formula is C19H24N4O. The van der Waals surface area contributed by atoms with Crippen LogP contribution in [0.15, 0.2) is 30.3 Å². The second kappa shape index (κ2) is 6.40. The molecule has 0 saturated carbocycles. The summed E-state index contributed by atoms with van der Waals surface area (Å²) in [5, 5.41) is 12.2. The van der Waals surface area contributed by atoms with Gasteiger partial charge in [0.2, 0.25) is 0 Å². The van der Waals surface area contributed by atoms with Crippen molar-refractivity contribution in [3.05, 3.63) is 47.3 Å². The van der Waals surface area contributed by atoms with Crippen molar-refractivity contribution in [1.82, 2.24) is 9.97 Å². The van der Waals surface area contributed by atoms with Crippen LogP contribution in [0.2, 0.25) is 0 Å². The van der Waals surface area contributed by atoms with E-state index in [9.17, 15) is 0 Å². The number of nitrogens with zero attached hydrogens (tertiary/aromatic N) is 3. The van der Waals surface area contributed by atoms with E-state index in [1.165, 1.54) is 24.0 Å². The average molecular weight is 324 g/mol. The number of anilines is 2. The zero-order valence-electron chi connectivity index (χ0n) is 14.1. The van der Waals surface area contributed by atoms with Gasteiger partial charge in [-0.25, -0.2) is 9.97 Å². The van der Waals surface area contributed by atoms with Crippen LogP contribution in [0.5, 0.6) is 0 Å². The monoisotopic (exact) mass is 324 g/mol. The number of nitrogens with one attached hydrogen (secondary N) is 1. The Kier molecular flexibility index (Phi) is 4.10. The molecule has 24 heavy (non-hydrogen) atoms. The van der Waals surface area contributed by atoms with Crippen LogP contribution in [-0.2, 0) is 0 Å². The third-order valence-electron chi connectivity index (χ3n) is 5.14. The Morgan fingerprint density at radius 3 is 2.88 bits per heavy atom. The molecule has 0 spiro atoms. The molecule has 1 fully saturated rings. The quantitative estimate of drug-likeness (QED) is 0.828. The van der Waals surface area contributed by atoms with E-state index in [2.05, 4.69) is 39.5 Å². The van der Waals surface area contributed by atoms with Gasteiger partial charge in [-0.1, -0.05) is 24.3 Å². The van der Waals surface area contributed by atoms with Crippen LogP contribution in [0.4, 0.5) is 11.6 Å². The van der Waals surface area contributed by atoms with Gasteiger partial charge in [-0.05, 0) is 37.3 Å². The molecule has 3 heterocycles. The van der Waals surface area contributed by atoms with Crippen LogP contribution in [0.25, 0.3) is 0 Å². The lowest BCUT2D eigenvalue weighted by Crippen LogP contribution is -2.43. The number of aliphatic hydroxyl groups is 1. The van der Waals surface area contributed by atoms with E-state index >= 15 is 0 Å². The SMILES string of the molecule is Cc1nc(NCCCO)cc(N2C[C@H]3CC[C@H]2c2ccccc23)n1. The number of fused-ring (bicyclic) bond motifs is 2. The zero-order chi connectivity index (χ0) is 16.5. The van der Waals surface area contributed by atoms with Gasteiger partial charge in [-0.15, -0.1) is 0 Å². The second-order valence-corrected chi connectivity index (χ2v) is 6.73. The molecule has 0 radical (unpaired) electrons. The molecule has 5 nitrogen and oxygen atoms in total. The summed E-state index contributed by atoms with van der Waals surface area (Å²) in [6, 6.07) is 11.3. The number of benzene rings is 1. The molecule has 5 rings (SSSR count). The van der Waals surface area contributed by atoms with Gasteiger partial charge < -0.3 is 15.3 Å². The van der Waals surface area contributed by atoms with E-state index in [1.807, 2.05) is 13.0 Å². The Balaban J connectivity index is 1.63. The molecule has 2 N–H and O–H groups in total. The summed E-state index contributed by atoms with van der Waals surface area (Å²) in [6.07, 6.45) is 3.18.